The van der Waals surface area contributed by atoms with Crippen LogP contribution in [0, 0.1) is 0 Å². The van der Waals surface area contributed by atoms with E-state index in [-0.39, 0.29) is 17.2 Å². The molecule has 0 saturated carbocycles. The van der Waals surface area contributed by atoms with Crippen LogP contribution in [0.2, 0.25) is 0 Å². The number of phenols is 2. The van der Waals surface area contributed by atoms with Gasteiger partial charge in [-0.1, -0.05) is 0 Å². The third-order valence-electron chi connectivity index (χ3n) is 2.03. The minimum Gasteiger partial charge on any atom is -0.508 e. The summed E-state index contributed by atoms with van der Waals surface area (Å²) in [6.07, 6.45) is 1.20. The van der Waals surface area contributed by atoms with Gasteiger partial charge in [0.25, 0.3) is 0 Å². The predicted molar refractivity (Wildman–Crippen MR) is 65.5 cm³/mol. The van der Waals surface area contributed by atoms with Gasteiger partial charge in [0.2, 0.25) is 6.41 Å². The van der Waals surface area contributed by atoms with Gasteiger partial charge in [-0.15, -0.1) is 0 Å². The van der Waals surface area contributed by atoms with E-state index in [9.17, 15) is 19.8 Å². The van der Waals surface area contributed by atoms with Crippen molar-refractivity contribution in [2.75, 3.05) is 18.4 Å². The number of urea groups is 1. The Labute approximate surface area is 104 Å². The molecule has 0 aliphatic carbocycles. The van der Waals surface area contributed by atoms with Gasteiger partial charge in [0.15, 0.2) is 0 Å². The second-order valence-corrected chi connectivity index (χ2v) is 3.54. The SMILES string of the molecule is O=CNCCCNC(=O)Nc1cc(O)cc(O)c1. The van der Waals surface area contributed by atoms with Crippen LogP contribution in [0.3, 0.4) is 0 Å². The Morgan fingerprint density at radius 3 is 2.44 bits per heavy atom. The van der Waals surface area contributed by atoms with Gasteiger partial charge in [0, 0.05) is 37.0 Å². The third-order valence-corrected chi connectivity index (χ3v) is 2.03. The van der Waals surface area contributed by atoms with Gasteiger partial charge in [-0.05, 0) is 6.42 Å². The average Bonchev–Trinajstić information content (AvgIpc) is 2.27. The molecule has 18 heavy (non-hydrogen) atoms. The van der Waals surface area contributed by atoms with E-state index in [2.05, 4.69) is 16.0 Å². The van der Waals surface area contributed by atoms with Crippen molar-refractivity contribution in [3.05, 3.63) is 18.2 Å². The van der Waals surface area contributed by atoms with Crippen LogP contribution in [0.5, 0.6) is 11.5 Å². The summed E-state index contributed by atoms with van der Waals surface area (Å²) in [5, 5.41) is 25.9. The number of rotatable bonds is 6. The van der Waals surface area contributed by atoms with Crippen molar-refractivity contribution in [1.82, 2.24) is 10.6 Å². The maximum atomic E-state index is 11.4. The maximum Gasteiger partial charge on any atom is 0.319 e. The number of anilines is 1. The Morgan fingerprint density at radius 1 is 1.17 bits per heavy atom. The van der Waals surface area contributed by atoms with Crippen molar-refractivity contribution in [3.63, 3.8) is 0 Å². The van der Waals surface area contributed by atoms with Crippen LogP contribution in [-0.2, 0) is 4.79 Å². The molecular weight excluding hydrogens is 238 g/mol. The second-order valence-electron chi connectivity index (χ2n) is 3.54. The minimum absolute atomic E-state index is 0.138. The number of phenolic OH excluding ortho intramolecular Hbond substituents is 2. The van der Waals surface area contributed by atoms with Crippen molar-refractivity contribution >= 4 is 18.1 Å². The van der Waals surface area contributed by atoms with E-state index in [1.165, 1.54) is 12.1 Å². The zero-order valence-electron chi connectivity index (χ0n) is 9.64. The highest BCUT2D eigenvalue weighted by Gasteiger charge is 2.03. The Hall–Kier alpha value is -2.44. The summed E-state index contributed by atoms with van der Waals surface area (Å²) in [5.74, 6) is -0.277. The summed E-state index contributed by atoms with van der Waals surface area (Å²) in [4.78, 5) is 21.3. The number of carbonyl (C=O) groups excluding carboxylic acids is 2. The lowest BCUT2D eigenvalue weighted by molar-refractivity contribution is -0.109. The molecule has 1 aromatic rings. The maximum absolute atomic E-state index is 11.4. The molecule has 3 amide bonds. The Kier molecular flexibility index (Phi) is 5.30. The van der Waals surface area contributed by atoms with E-state index in [1.54, 1.807) is 0 Å². The van der Waals surface area contributed by atoms with Crippen LogP contribution >= 0.6 is 0 Å². The first-order valence-corrected chi connectivity index (χ1v) is 5.36. The van der Waals surface area contributed by atoms with E-state index >= 15 is 0 Å². The lowest BCUT2D eigenvalue weighted by Crippen LogP contribution is -2.31. The molecule has 1 rings (SSSR count). The highest BCUT2D eigenvalue weighted by molar-refractivity contribution is 5.89. The molecule has 1 aromatic carbocycles. The van der Waals surface area contributed by atoms with Crippen molar-refractivity contribution in [2.24, 2.45) is 0 Å². The van der Waals surface area contributed by atoms with E-state index in [0.29, 0.717) is 25.9 Å². The molecule has 0 radical (unpaired) electrons. The first-order valence-electron chi connectivity index (χ1n) is 5.36. The van der Waals surface area contributed by atoms with E-state index in [0.717, 1.165) is 6.07 Å². The first-order chi connectivity index (χ1) is 8.61. The summed E-state index contributed by atoms with van der Waals surface area (Å²) in [6, 6.07) is 3.33. The average molecular weight is 253 g/mol. The van der Waals surface area contributed by atoms with Crippen LogP contribution in [0.25, 0.3) is 0 Å². The summed E-state index contributed by atoms with van der Waals surface area (Å²) < 4.78 is 0. The minimum atomic E-state index is -0.453. The fourth-order valence-electron chi connectivity index (χ4n) is 1.29. The Balaban J connectivity index is 2.33. The number of hydrogen-bond acceptors (Lipinski definition) is 4. The van der Waals surface area contributed by atoms with Crippen LogP contribution in [0.1, 0.15) is 6.42 Å². The van der Waals surface area contributed by atoms with Gasteiger partial charge >= 0.3 is 6.03 Å². The van der Waals surface area contributed by atoms with Crippen LogP contribution in [-0.4, -0.2) is 35.7 Å². The lowest BCUT2D eigenvalue weighted by atomic mass is 10.3. The Morgan fingerprint density at radius 2 is 1.83 bits per heavy atom. The van der Waals surface area contributed by atoms with Gasteiger partial charge in [-0.25, -0.2) is 4.79 Å². The monoisotopic (exact) mass is 253 g/mol. The number of carbonyl (C=O) groups is 2. The van der Waals surface area contributed by atoms with Gasteiger partial charge < -0.3 is 26.2 Å². The molecule has 7 heteroatoms. The summed E-state index contributed by atoms with van der Waals surface area (Å²) >= 11 is 0. The number of nitrogens with one attached hydrogen (secondary N) is 3. The normalized spacial score (nSPS) is 9.56. The van der Waals surface area contributed by atoms with Crippen molar-refractivity contribution < 1.29 is 19.8 Å². The van der Waals surface area contributed by atoms with Crippen molar-refractivity contribution in [3.8, 4) is 11.5 Å². The number of benzene rings is 1. The molecule has 0 aromatic heterocycles. The van der Waals surface area contributed by atoms with Crippen LogP contribution in [0.15, 0.2) is 18.2 Å². The van der Waals surface area contributed by atoms with E-state index < -0.39 is 6.03 Å². The molecule has 0 saturated heterocycles. The number of amides is 3. The van der Waals surface area contributed by atoms with Gasteiger partial charge in [-0.2, -0.15) is 0 Å². The molecule has 5 N–H and O–H groups in total. The molecule has 0 atom stereocenters. The quantitative estimate of drug-likeness (QED) is 0.372. The summed E-state index contributed by atoms with van der Waals surface area (Å²) in [5.41, 5.74) is 0.288. The van der Waals surface area contributed by atoms with Crippen molar-refractivity contribution in [2.45, 2.75) is 6.42 Å². The van der Waals surface area contributed by atoms with Gasteiger partial charge in [0.05, 0.1) is 0 Å². The molecule has 0 spiro atoms. The molecule has 0 unspecified atom stereocenters. The molecule has 0 heterocycles. The van der Waals surface area contributed by atoms with Crippen molar-refractivity contribution in [1.29, 1.82) is 0 Å². The molecule has 98 valence electrons. The molecule has 0 aliphatic rings. The topological polar surface area (TPSA) is 111 Å². The fourth-order valence-corrected chi connectivity index (χ4v) is 1.29. The molecule has 0 bridgehead atoms. The zero-order chi connectivity index (χ0) is 13.4. The molecule has 7 nitrogen and oxygen atoms in total. The summed E-state index contributed by atoms with van der Waals surface area (Å²) in [6.45, 7) is 0.883. The number of aromatic hydroxyl groups is 2. The van der Waals surface area contributed by atoms with Crippen LogP contribution in [0.4, 0.5) is 10.5 Å². The summed E-state index contributed by atoms with van der Waals surface area (Å²) in [7, 11) is 0. The van der Waals surface area contributed by atoms with Gasteiger partial charge in [-0.3, -0.25) is 4.79 Å². The molecule has 0 aliphatic heterocycles. The highest BCUT2D eigenvalue weighted by Crippen LogP contribution is 2.23. The smallest absolute Gasteiger partial charge is 0.319 e. The fraction of sp³-hybridized carbons (Fsp3) is 0.273. The molecular formula is C11H15N3O4. The predicted octanol–water partition coefficient (Wildman–Crippen LogP) is 0.355. The number of hydrogen-bond donors (Lipinski definition) is 5. The zero-order valence-corrected chi connectivity index (χ0v) is 9.64. The highest BCUT2D eigenvalue weighted by atomic mass is 16.3. The van der Waals surface area contributed by atoms with E-state index in [4.69, 9.17) is 0 Å². The molecule has 0 fully saturated rings. The standard InChI is InChI=1S/C11H15N3O4/c15-7-12-2-1-3-13-11(18)14-8-4-9(16)6-10(17)5-8/h4-7,16-17H,1-3H2,(H,12,15)(H2,13,14,18). The third kappa shape index (κ3) is 5.06. The lowest BCUT2D eigenvalue weighted by Gasteiger charge is -2.08. The Bertz CT molecular complexity index is 402. The van der Waals surface area contributed by atoms with Gasteiger partial charge in [0.1, 0.15) is 11.5 Å². The van der Waals surface area contributed by atoms with Crippen LogP contribution < -0.4 is 16.0 Å². The van der Waals surface area contributed by atoms with E-state index in [1.807, 2.05) is 0 Å². The first kappa shape index (κ1) is 13.6. The second kappa shape index (κ2) is 7.00. The largest absolute Gasteiger partial charge is 0.508 e.